The van der Waals surface area contributed by atoms with Crippen LogP contribution >= 0.6 is 0 Å². The van der Waals surface area contributed by atoms with Crippen molar-refractivity contribution in [2.75, 3.05) is 12.4 Å². The molecule has 1 N–H and O–H groups in total. The van der Waals surface area contributed by atoms with Crippen LogP contribution in [-0.4, -0.2) is 13.2 Å². The molecule has 16 heavy (non-hydrogen) atoms. The number of halogens is 1. The summed E-state index contributed by atoms with van der Waals surface area (Å²) in [4.78, 5) is 0. The van der Waals surface area contributed by atoms with E-state index in [0.29, 0.717) is 11.5 Å². The molecule has 1 aliphatic rings. The topological polar surface area (TPSA) is 21.3 Å². The van der Waals surface area contributed by atoms with Gasteiger partial charge in [-0.2, -0.15) is 0 Å². The van der Waals surface area contributed by atoms with Gasteiger partial charge in [-0.25, -0.2) is 4.39 Å². The summed E-state index contributed by atoms with van der Waals surface area (Å²) in [5, 5.41) is 3.34. The Hall–Kier alpha value is -1.25. The van der Waals surface area contributed by atoms with Gasteiger partial charge in [-0.1, -0.05) is 6.92 Å². The molecule has 1 fully saturated rings. The minimum Gasteiger partial charge on any atom is -0.494 e. The number of nitrogens with one attached hydrogen (secondary N) is 1. The monoisotopic (exact) mass is 223 g/mol. The third kappa shape index (κ3) is 2.13. The molecule has 0 amide bonds. The lowest BCUT2D eigenvalue weighted by Gasteiger charge is -2.21. The molecule has 1 unspecified atom stereocenters. The Kier molecular flexibility index (Phi) is 2.78. The van der Waals surface area contributed by atoms with E-state index >= 15 is 0 Å². The lowest BCUT2D eigenvalue weighted by atomic mass is 10.0. The van der Waals surface area contributed by atoms with Gasteiger partial charge in [0.15, 0.2) is 11.6 Å². The van der Waals surface area contributed by atoms with Gasteiger partial charge in [0.25, 0.3) is 0 Å². The van der Waals surface area contributed by atoms with Gasteiger partial charge in [0.2, 0.25) is 0 Å². The molecule has 2 rings (SSSR count). The largest absolute Gasteiger partial charge is 0.494 e. The molecule has 1 aromatic carbocycles. The second-order valence-electron chi connectivity index (χ2n) is 4.87. The number of ether oxygens (including phenoxy) is 1. The summed E-state index contributed by atoms with van der Waals surface area (Å²) in [6, 6.07) is 5.37. The first-order chi connectivity index (χ1) is 7.55. The molecule has 0 aromatic heterocycles. The summed E-state index contributed by atoms with van der Waals surface area (Å²) in [6.45, 7) is 4.40. The Morgan fingerprint density at radius 1 is 1.44 bits per heavy atom. The molecule has 1 aromatic rings. The summed E-state index contributed by atoms with van der Waals surface area (Å²) in [7, 11) is 1.47. The zero-order valence-corrected chi connectivity index (χ0v) is 10.0. The van der Waals surface area contributed by atoms with Crippen molar-refractivity contribution in [3.8, 4) is 5.75 Å². The summed E-state index contributed by atoms with van der Waals surface area (Å²) >= 11 is 0. The van der Waals surface area contributed by atoms with Gasteiger partial charge in [-0.3, -0.25) is 0 Å². The predicted molar refractivity (Wildman–Crippen MR) is 63.4 cm³/mol. The molecule has 3 heteroatoms. The Morgan fingerprint density at radius 2 is 2.12 bits per heavy atom. The summed E-state index contributed by atoms with van der Waals surface area (Å²) in [6.07, 6.45) is 2.50. The highest BCUT2D eigenvalue weighted by Gasteiger charge is 2.42. The van der Waals surface area contributed by atoms with Crippen LogP contribution in [0.4, 0.5) is 10.1 Å². The number of benzene rings is 1. The van der Waals surface area contributed by atoms with Gasteiger partial charge < -0.3 is 10.1 Å². The van der Waals surface area contributed by atoms with Gasteiger partial charge in [-0.15, -0.1) is 0 Å². The summed E-state index contributed by atoms with van der Waals surface area (Å²) in [5.41, 5.74) is 1.20. The Bertz CT molecular complexity index is 388. The first kappa shape index (κ1) is 11.2. The fourth-order valence-corrected chi connectivity index (χ4v) is 1.81. The van der Waals surface area contributed by atoms with E-state index in [1.807, 2.05) is 6.07 Å². The fourth-order valence-electron chi connectivity index (χ4n) is 1.81. The van der Waals surface area contributed by atoms with Crippen LogP contribution < -0.4 is 10.1 Å². The quantitative estimate of drug-likeness (QED) is 0.844. The molecule has 0 aliphatic heterocycles. The zero-order chi connectivity index (χ0) is 11.8. The second kappa shape index (κ2) is 3.96. The molecule has 0 radical (unpaired) electrons. The molecule has 1 aliphatic carbocycles. The average Bonchev–Trinajstić information content (AvgIpc) is 2.98. The van der Waals surface area contributed by atoms with Crippen LogP contribution in [0.15, 0.2) is 18.2 Å². The minimum atomic E-state index is -0.319. The van der Waals surface area contributed by atoms with E-state index in [1.54, 1.807) is 6.07 Å². The third-order valence-corrected chi connectivity index (χ3v) is 3.62. The van der Waals surface area contributed by atoms with E-state index in [4.69, 9.17) is 4.74 Å². The van der Waals surface area contributed by atoms with Crippen LogP contribution in [0.1, 0.15) is 26.7 Å². The highest BCUT2D eigenvalue weighted by molar-refractivity contribution is 5.48. The highest BCUT2D eigenvalue weighted by atomic mass is 19.1. The molecule has 0 bridgehead atoms. The normalized spacial score (nSPS) is 19.0. The van der Waals surface area contributed by atoms with Crippen molar-refractivity contribution in [1.82, 2.24) is 0 Å². The second-order valence-corrected chi connectivity index (χ2v) is 4.87. The maximum Gasteiger partial charge on any atom is 0.167 e. The smallest absolute Gasteiger partial charge is 0.167 e. The number of methoxy groups -OCH3 is 1. The van der Waals surface area contributed by atoms with Crippen LogP contribution in [0.3, 0.4) is 0 Å². The molecule has 0 spiro atoms. The van der Waals surface area contributed by atoms with Crippen molar-refractivity contribution in [3.05, 3.63) is 24.0 Å². The van der Waals surface area contributed by atoms with E-state index in [-0.39, 0.29) is 11.6 Å². The van der Waals surface area contributed by atoms with Gasteiger partial charge in [0, 0.05) is 17.8 Å². The van der Waals surface area contributed by atoms with Crippen molar-refractivity contribution < 1.29 is 9.13 Å². The maximum absolute atomic E-state index is 13.4. The summed E-state index contributed by atoms with van der Waals surface area (Å²) in [5.74, 6) is -0.0310. The number of hydrogen-bond donors (Lipinski definition) is 1. The first-order valence-electron chi connectivity index (χ1n) is 5.65. The molecule has 2 nitrogen and oxygen atoms in total. The highest BCUT2D eigenvalue weighted by Crippen LogP contribution is 2.48. The summed E-state index contributed by atoms with van der Waals surface area (Å²) < 4.78 is 18.3. The van der Waals surface area contributed by atoms with Gasteiger partial charge in [0.05, 0.1) is 7.11 Å². The zero-order valence-electron chi connectivity index (χ0n) is 10.0. The average molecular weight is 223 g/mol. The van der Waals surface area contributed by atoms with E-state index in [0.717, 1.165) is 5.69 Å². The number of anilines is 1. The standard InChI is InChI=1S/C13H18FNO/c1-9(13(2)6-7-13)15-10-4-5-12(16-3)11(14)8-10/h4-5,8-9,15H,6-7H2,1-3H3. The van der Waals surface area contributed by atoms with Crippen LogP contribution in [0.25, 0.3) is 0 Å². The molecule has 1 saturated carbocycles. The molecular weight excluding hydrogens is 205 g/mol. The third-order valence-electron chi connectivity index (χ3n) is 3.62. The van der Waals surface area contributed by atoms with Crippen molar-refractivity contribution in [2.45, 2.75) is 32.7 Å². The maximum atomic E-state index is 13.4. The molecular formula is C13H18FNO. The Labute approximate surface area is 95.8 Å². The number of rotatable bonds is 4. The van der Waals surface area contributed by atoms with Gasteiger partial charge >= 0.3 is 0 Å². The van der Waals surface area contributed by atoms with Crippen LogP contribution in [0.5, 0.6) is 5.75 Å². The van der Waals surface area contributed by atoms with Crippen molar-refractivity contribution >= 4 is 5.69 Å². The molecule has 0 saturated heterocycles. The van der Waals surface area contributed by atoms with Crippen LogP contribution in [0, 0.1) is 11.2 Å². The lowest BCUT2D eigenvalue weighted by molar-refractivity contribution is 0.386. The van der Waals surface area contributed by atoms with E-state index < -0.39 is 0 Å². The Morgan fingerprint density at radius 3 is 2.62 bits per heavy atom. The van der Waals surface area contributed by atoms with Gasteiger partial charge in [0.1, 0.15) is 0 Å². The van der Waals surface area contributed by atoms with Gasteiger partial charge in [-0.05, 0) is 37.3 Å². The minimum absolute atomic E-state index is 0.288. The van der Waals surface area contributed by atoms with E-state index in [9.17, 15) is 4.39 Å². The Balaban J connectivity index is 2.07. The predicted octanol–water partition coefficient (Wildman–Crippen LogP) is 3.43. The molecule has 88 valence electrons. The van der Waals surface area contributed by atoms with E-state index in [1.165, 1.54) is 26.0 Å². The van der Waals surface area contributed by atoms with Crippen LogP contribution in [0.2, 0.25) is 0 Å². The molecule has 1 atom stereocenters. The van der Waals surface area contributed by atoms with Crippen molar-refractivity contribution in [1.29, 1.82) is 0 Å². The first-order valence-corrected chi connectivity index (χ1v) is 5.65. The van der Waals surface area contributed by atoms with E-state index in [2.05, 4.69) is 19.2 Å². The number of hydrogen-bond acceptors (Lipinski definition) is 2. The van der Waals surface area contributed by atoms with Crippen molar-refractivity contribution in [3.63, 3.8) is 0 Å². The molecule has 0 heterocycles. The SMILES string of the molecule is COc1ccc(NC(C)C2(C)CC2)cc1F. The lowest BCUT2D eigenvalue weighted by Crippen LogP contribution is -2.24. The fraction of sp³-hybridized carbons (Fsp3) is 0.538. The van der Waals surface area contributed by atoms with Crippen molar-refractivity contribution in [2.24, 2.45) is 5.41 Å². The van der Waals surface area contributed by atoms with Crippen LogP contribution in [-0.2, 0) is 0 Å².